The van der Waals surface area contributed by atoms with Crippen LogP contribution in [-0.2, 0) is 6.61 Å². The summed E-state index contributed by atoms with van der Waals surface area (Å²) in [5.74, 6) is 1.43. The summed E-state index contributed by atoms with van der Waals surface area (Å²) in [7, 11) is 1.54. The van der Waals surface area contributed by atoms with Crippen molar-refractivity contribution in [2.75, 3.05) is 7.11 Å². The van der Waals surface area contributed by atoms with E-state index in [1.54, 1.807) is 24.3 Å². The number of hydrogen-bond donors (Lipinski definition) is 0. The SMILES string of the molecule is COc1cccc(C(=O)Cl)c1.Clc1cc2ccc1OC2. The molecule has 104 valence electrons. The molecule has 0 unspecified atom stereocenters. The molecule has 0 saturated carbocycles. The van der Waals surface area contributed by atoms with E-state index in [4.69, 9.17) is 32.7 Å². The quantitative estimate of drug-likeness (QED) is 0.775. The molecule has 2 aliphatic heterocycles. The summed E-state index contributed by atoms with van der Waals surface area (Å²) in [6.07, 6.45) is 0. The molecule has 5 heteroatoms. The molecular weight excluding hydrogens is 299 g/mol. The van der Waals surface area contributed by atoms with E-state index in [0.717, 1.165) is 16.3 Å². The number of ether oxygens (including phenoxy) is 2. The van der Waals surface area contributed by atoms with Gasteiger partial charge in [0.2, 0.25) is 0 Å². The smallest absolute Gasteiger partial charge is 0.252 e. The number of rotatable bonds is 2. The van der Waals surface area contributed by atoms with Crippen molar-refractivity contribution in [1.29, 1.82) is 0 Å². The Labute approximate surface area is 127 Å². The first-order valence-electron chi connectivity index (χ1n) is 5.85. The fourth-order valence-corrected chi connectivity index (χ4v) is 2.03. The number of hydrogen-bond acceptors (Lipinski definition) is 3. The molecule has 0 amide bonds. The molecule has 0 saturated heterocycles. The molecule has 0 N–H and O–H groups in total. The lowest BCUT2D eigenvalue weighted by Crippen LogP contribution is -2.01. The first-order valence-corrected chi connectivity index (χ1v) is 6.61. The van der Waals surface area contributed by atoms with E-state index in [1.807, 2.05) is 18.2 Å². The Morgan fingerprint density at radius 2 is 2.05 bits per heavy atom. The van der Waals surface area contributed by atoms with Gasteiger partial charge in [-0.05, 0) is 47.5 Å². The summed E-state index contributed by atoms with van der Waals surface area (Å²) in [5.41, 5.74) is 1.60. The second-order valence-corrected chi connectivity index (χ2v) is 4.81. The summed E-state index contributed by atoms with van der Waals surface area (Å²) >= 11 is 11.0. The van der Waals surface area contributed by atoms with Gasteiger partial charge in [0.15, 0.2) is 0 Å². The molecule has 0 aliphatic carbocycles. The monoisotopic (exact) mass is 310 g/mol. The van der Waals surface area contributed by atoms with Crippen LogP contribution in [-0.4, -0.2) is 12.4 Å². The van der Waals surface area contributed by atoms with Crippen molar-refractivity contribution in [3.05, 3.63) is 58.6 Å². The molecule has 2 aromatic rings. The van der Waals surface area contributed by atoms with Crippen molar-refractivity contribution >= 4 is 28.4 Å². The normalized spacial score (nSPS) is 11.2. The van der Waals surface area contributed by atoms with Gasteiger partial charge in [-0.2, -0.15) is 0 Å². The fourth-order valence-electron chi connectivity index (χ4n) is 1.66. The van der Waals surface area contributed by atoms with Crippen LogP contribution in [0.3, 0.4) is 0 Å². The Bertz CT molecular complexity index is 626. The first kappa shape index (κ1) is 14.7. The first-order chi connectivity index (χ1) is 9.60. The standard InChI is InChI=1S/C8H7ClO2.C7H5ClO/c1-11-7-4-2-3-6(5-7)8(9)10;8-6-3-5-1-2-7(6)9-4-5/h2-5H,1H3;1-3H,4H2. The predicted octanol–water partition coefficient (Wildman–Crippen LogP) is 4.31. The van der Waals surface area contributed by atoms with Crippen LogP contribution < -0.4 is 9.47 Å². The Hall–Kier alpha value is -1.71. The molecule has 0 atom stereocenters. The van der Waals surface area contributed by atoms with Crippen LogP contribution >= 0.6 is 23.2 Å². The zero-order valence-electron chi connectivity index (χ0n) is 10.7. The third kappa shape index (κ3) is 3.65. The van der Waals surface area contributed by atoms with E-state index in [-0.39, 0.29) is 0 Å². The van der Waals surface area contributed by atoms with Gasteiger partial charge < -0.3 is 9.47 Å². The van der Waals surface area contributed by atoms with Crippen LogP contribution in [0.25, 0.3) is 0 Å². The Kier molecular flexibility index (Phi) is 4.88. The molecule has 0 aromatic heterocycles. The van der Waals surface area contributed by atoms with Crippen molar-refractivity contribution in [3.63, 3.8) is 0 Å². The van der Waals surface area contributed by atoms with Crippen LogP contribution in [0.2, 0.25) is 5.02 Å². The summed E-state index contributed by atoms with van der Waals surface area (Å²) in [6.45, 7) is 0.683. The molecule has 3 nitrogen and oxygen atoms in total. The fraction of sp³-hybridized carbons (Fsp3) is 0.133. The van der Waals surface area contributed by atoms with Crippen molar-refractivity contribution < 1.29 is 14.3 Å². The molecule has 2 aliphatic rings. The topological polar surface area (TPSA) is 35.5 Å². The molecule has 0 radical (unpaired) electrons. The molecule has 0 spiro atoms. The van der Waals surface area contributed by atoms with E-state index in [0.29, 0.717) is 17.9 Å². The van der Waals surface area contributed by atoms with Crippen LogP contribution in [0, 0.1) is 0 Å². The third-order valence-corrected chi connectivity index (χ3v) is 3.20. The third-order valence-electron chi connectivity index (χ3n) is 2.69. The average Bonchev–Trinajstić information content (AvgIpc) is 2.49. The van der Waals surface area contributed by atoms with Gasteiger partial charge in [0.1, 0.15) is 18.1 Å². The second-order valence-electron chi connectivity index (χ2n) is 4.06. The van der Waals surface area contributed by atoms with Gasteiger partial charge in [0, 0.05) is 5.56 Å². The minimum atomic E-state index is -0.469. The maximum absolute atomic E-state index is 10.6. The Morgan fingerprint density at radius 1 is 1.25 bits per heavy atom. The molecule has 0 fully saturated rings. The van der Waals surface area contributed by atoms with E-state index in [1.165, 1.54) is 7.11 Å². The summed E-state index contributed by atoms with van der Waals surface area (Å²) in [4.78, 5) is 10.6. The highest BCUT2D eigenvalue weighted by molar-refractivity contribution is 6.67. The van der Waals surface area contributed by atoms with Gasteiger partial charge in [-0.3, -0.25) is 4.79 Å². The van der Waals surface area contributed by atoms with Gasteiger partial charge in [0.25, 0.3) is 5.24 Å². The van der Waals surface area contributed by atoms with E-state index >= 15 is 0 Å². The van der Waals surface area contributed by atoms with Crippen molar-refractivity contribution in [2.24, 2.45) is 0 Å². The lowest BCUT2D eigenvalue weighted by molar-refractivity contribution is 0.108. The second kappa shape index (κ2) is 6.64. The van der Waals surface area contributed by atoms with Crippen molar-refractivity contribution in [3.8, 4) is 11.5 Å². The lowest BCUT2D eigenvalue weighted by atomic mass is 10.2. The zero-order chi connectivity index (χ0) is 14.5. The molecule has 2 bridgehead atoms. The van der Waals surface area contributed by atoms with Gasteiger partial charge in [0.05, 0.1) is 12.1 Å². The highest BCUT2D eigenvalue weighted by atomic mass is 35.5. The number of benzene rings is 2. The van der Waals surface area contributed by atoms with Crippen molar-refractivity contribution in [1.82, 2.24) is 0 Å². The highest BCUT2D eigenvalue weighted by Crippen LogP contribution is 2.30. The van der Waals surface area contributed by atoms with Gasteiger partial charge in [-0.1, -0.05) is 23.7 Å². The average molecular weight is 311 g/mol. The van der Waals surface area contributed by atoms with Crippen LogP contribution in [0.5, 0.6) is 11.5 Å². The highest BCUT2D eigenvalue weighted by Gasteiger charge is 2.08. The van der Waals surface area contributed by atoms with E-state index < -0.39 is 5.24 Å². The Balaban J connectivity index is 0.000000149. The Morgan fingerprint density at radius 3 is 2.45 bits per heavy atom. The minimum absolute atomic E-state index is 0.450. The minimum Gasteiger partial charge on any atom is -0.497 e. The summed E-state index contributed by atoms with van der Waals surface area (Å²) in [5, 5.41) is 0.252. The van der Waals surface area contributed by atoms with Crippen LogP contribution in [0.15, 0.2) is 42.5 Å². The van der Waals surface area contributed by atoms with E-state index in [9.17, 15) is 4.79 Å². The molecule has 2 aromatic carbocycles. The summed E-state index contributed by atoms with van der Waals surface area (Å²) in [6, 6.07) is 12.5. The number of methoxy groups -OCH3 is 1. The molecule has 2 heterocycles. The maximum atomic E-state index is 10.6. The number of fused-ring (bicyclic) bond motifs is 3. The van der Waals surface area contributed by atoms with Crippen LogP contribution in [0.4, 0.5) is 0 Å². The summed E-state index contributed by atoms with van der Waals surface area (Å²) < 4.78 is 10.1. The lowest BCUT2D eigenvalue weighted by Gasteiger charge is -2.14. The predicted molar refractivity (Wildman–Crippen MR) is 79.0 cm³/mol. The maximum Gasteiger partial charge on any atom is 0.252 e. The molecule has 20 heavy (non-hydrogen) atoms. The van der Waals surface area contributed by atoms with Gasteiger partial charge in [-0.25, -0.2) is 0 Å². The molecule has 4 rings (SSSR count). The van der Waals surface area contributed by atoms with Crippen LogP contribution in [0.1, 0.15) is 15.9 Å². The van der Waals surface area contributed by atoms with E-state index in [2.05, 4.69) is 0 Å². The zero-order valence-corrected chi connectivity index (χ0v) is 12.2. The molecular formula is C15H12Cl2O3. The largest absolute Gasteiger partial charge is 0.497 e. The number of carbonyl (C=O) groups excluding carboxylic acids is 1. The number of carbonyl (C=O) groups is 1. The van der Waals surface area contributed by atoms with Crippen molar-refractivity contribution in [2.45, 2.75) is 6.61 Å². The van der Waals surface area contributed by atoms with Gasteiger partial charge >= 0.3 is 0 Å². The van der Waals surface area contributed by atoms with Gasteiger partial charge in [-0.15, -0.1) is 0 Å². The number of halogens is 2.